The van der Waals surface area contributed by atoms with Crippen LogP contribution < -0.4 is 10.2 Å². The van der Waals surface area contributed by atoms with Gasteiger partial charge in [0.15, 0.2) is 0 Å². The van der Waals surface area contributed by atoms with Crippen molar-refractivity contribution in [2.24, 2.45) is 0 Å². The van der Waals surface area contributed by atoms with Crippen LogP contribution in [0.5, 0.6) is 0 Å². The molecule has 1 saturated heterocycles. The summed E-state index contributed by atoms with van der Waals surface area (Å²) < 4.78 is 0. The molecule has 3 rings (SSSR count). The molecule has 1 aliphatic heterocycles. The van der Waals surface area contributed by atoms with Gasteiger partial charge in [-0.3, -0.25) is 9.59 Å². The van der Waals surface area contributed by atoms with E-state index in [-0.39, 0.29) is 24.3 Å². The molecule has 1 N–H and O–H groups in total. The third-order valence-electron chi connectivity index (χ3n) is 4.49. The summed E-state index contributed by atoms with van der Waals surface area (Å²) in [6, 6.07) is 12.6. The number of hydrogen-bond donors (Lipinski definition) is 1. The Labute approximate surface area is 163 Å². The van der Waals surface area contributed by atoms with E-state index in [4.69, 9.17) is 23.2 Å². The number of carbonyl (C=O) groups excluding carboxylic acids is 2. The van der Waals surface area contributed by atoms with E-state index in [9.17, 15) is 9.59 Å². The Balaban J connectivity index is 1.60. The molecule has 0 bridgehead atoms. The van der Waals surface area contributed by atoms with Crippen LogP contribution in [0.2, 0.25) is 10.0 Å². The Hall–Kier alpha value is -2.04. The molecule has 2 aromatic carbocycles. The summed E-state index contributed by atoms with van der Waals surface area (Å²) >= 11 is 12.1. The van der Waals surface area contributed by atoms with Crippen LogP contribution in [0.25, 0.3) is 0 Å². The normalized spacial score (nSPS) is 15.2. The van der Waals surface area contributed by atoms with Crippen LogP contribution in [0.1, 0.15) is 36.9 Å². The monoisotopic (exact) mass is 390 g/mol. The van der Waals surface area contributed by atoms with Gasteiger partial charge in [0.1, 0.15) is 0 Å². The lowest BCUT2D eigenvalue weighted by atomic mass is 10.1. The minimum Gasteiger partial charge on any atom is -0.349 e. The summed E-state index contributed by atoms with van der Waals surface area (Å²) in [6.45, 7) is 2.65. The third-order valence-corrected chi connectivity index (χ3v) is 5.06. The molecule has 0 radical (unpaired) electrons. The number of nitrogens with zero attached hydrogens (tertiary/aromatic N) is 1. The highest BCUT2D eigenvalue weighted by Crippen LogP contribution is 2.26. The molecular weight excluding hydrogens is 371 g/mol. The number of benzene rings is 2. The summed E-state index contributed by atoms with van der Waals surface area (Å²) in [7, 11) is 0. The Morgan fingerprint density at radius 2 is 1.92 bits per heavy atom. The van der Waals surface area contributed by atoms with Crippen molar-refractivity contribution in [1.82, 2.24) is 5.32 Å². The van der Waals surface area contributed by atoms with Gasteiger partial charge in [-0.25, -0.2) is 0 Å². The molecule has 136 valence electrons. The molecule has 0 saturated carbocycles. The summed E-state index contributed by atoms with van der Waals surface area (Å²) in [5.41, 5.74) is 2.61. The number of carbonyl (C=O) groups is 2. The maximum absolute atomic E-state index is 12.3. The highest BCUT2D eigenvalue weighted by molar-refractivity contribution is 6.35. The van der Waals surface area contributed by atoms with Crippen molar-refractivity contribution >= 4 is 40.7 Å². The number of halogens is 2. The fourth-order valence-electron chi connectivity index (χ4n) is 3.12. The van der Waals surface area contributed by atoms with E-state index >= 15 is 0 Å². The van der Waals surface area contributed by atoms with Gasteiger partial charge < -0.3 is 10.2 Å². The number of rotatable bonds is 5. The highest BCUT2D eigenvalue weighted by atomic mass is 35.5. The van der Waals surface area contributed by atoms with E-state index in [1.54, 1.807) is 17.0 Å². The van der Waals surface area contributed by atoms with E-state index < -0.39 is 0 Å². The number of amides is 2. The van der Waals surface area contributed by atoms with Gasteiger partial charge in [0.05, 0.1) is 12.5 Å². The summed E-state index contributed by atoms with van der Waals surface area (Å²) in [6.07, 6.45) is 1.77. The van der Waals surface area contributed by atoms with Crippen LogP contribution in [0.3, 0.4) is 0 Å². The van der Waals surface area contributed by atoms with Gasteiger partial charge in [0.2, 0.25) is 11.8 Å². The zero-order valence-electron chi connectivity index (χ0n) is 14.5. The minimum atomic E-state index is -0.214. The van der Waals surface area contributed by atoms with Gasteiger partial charge >= 0.3 is 0 Å². The maximum Gasteiger partial charge on any atom is 0.227 e. The smallest absolute Gasteiger partial charge is 0.227 e. The molecule has 0 aliphatic carbocycles. The highest BCUT2D eigenvalue weighted by Gasteiger charge is 2.21. The first-order chi connectivity index (χ1) is 12.4. The van der Waals surface area contributed by atoms with Crippen molar-refractivity contribution in [3.05, 3.63) is 63.6 Å². The number of hydrogen-bond acceptors (Lipinski definition) is 2. The summed E-state index contributed by atoms with van der Waals surface area (Å²) in [5, 5.41) is 4.05. The number of nitrogens with one attached hydrogen (secondary N) is 1. The van der Waals surface area contributed by atoms with Crippen LogP contribution in [0.15, 0.2) is 42.5 Å². The van der Waals surface area contributed by atoms with Gasteiger partial charge in [-0.05, 0) is 48.7 Å². The van der Waals surface area contributed by atoms with E-state index in [2.05, 4.69) is 5.32 Å². The predicted molar refractivity (Wildman–Crippen MR) is 105 cm³/mol. The molecule has 4 nitrogen and oxygen atoms in total. The number of anilines is 1. The first-order valence-corrected chi connectivity index (χ1v) is 9.33. The predicted octanol–water partition coefficient (Wildman–Crippen LogP) is 4.54. The molecule has 0 unspecified atom stereocenters. The van der Waals surface area contributed by atoms with Crippen molar-refractivity contribution in [1.29, 1.82) is 0 Å². The quantitative estimate of drug-likeness (QED) is 0.814. The van der Waals surface area contributed by atoms with Gasteiger partial charge in [0, 0.05) is 28.7 Å². The second-order valence-corrected chi connectivity index (χ2v) is 7.29. The molecule has 0 aromatic heterocycles. The molecular formula is C20H20Cl2N2O2. The molecule has 2 aromatic rings. The van der Waals surface area contributed by atoms with Crippen molar-refractivity contribution in [3.63, 3.8) is 0 Å². The molecule has 2 amide bonds. The average Bonchev–Trinajstić information content (AvgIpc) is 3.01. The molecule has 0 spiro atoms. The lowest BCUT2D eigenvalue weighted by molar-refractivity contribution is -0.121. The Kier molecular flexibility index (Phi) is 5.84. The van der Waals surface area contributed by atoms with Crippen molar-refractivity contribution in [2.75, 3.05) is 11.4 Å². The fourth-order valence-corrected chi connectivity index (χ4v) is 3.70. The minimum absolute atomic E-state index is 0.0893. The van der Waals surface area contributed by atoms with Crippen LogP contribution in [-0.2, 0) is 16.0 Å². The van der Waals surface area contributed by atoms with Crippen LogP contribution in [0.4, 0.5) is 5.69 Å². The molecule has 26 heavy (non-hydrogen) atoms. The molecule has 1 aliphatic rings. The first-order valence-electron chi connectivity index (χ1n) is 8.57. The van der Waals surface area contributed by atoms with Gasteiger partial charge in [0.25, 0.3) is 0 Å². The largest absolute Gasteiger partial charge is 0.349 e. The van der Waals surface area contributed by atoms with E-state index in [0.717, 1.165) is 29.8 Å². The van der Waals surface area contributed by atoms with E-state index in [0.29, 0.717) is 16.5 Å². The maximum atomic E-state index is 12.3. The Morgan fingerprint density at radius 3 is 2.54 bits per heavy atom. The molecule has 1 fully saturated rings. The van der Waals surface area contributed by atoms with Crippen LogP contribution in [-0.4, -0.2) is 18.4 Å². The van der Waals surface area contributed by atoms with Crippen LogP contribution >= 0.6 is 23.2 Å². The molecule has 1 heterocycles. The van der Waals surface area contributed by atoms with Crippen molar-refractivity contribution < 1.29 is 9.59 Å². The second-order valence-electron chi connectivity index (χ2n) is 6.45. The SMILES string of the molecule is C[C@H](NC(=O)Cc1ccc(N2CCCC2=O)cc1)c1ccc(Cl)cc1Cl. The zero-order chi connectivity index (χ0) is 18.7. The molecule has 1 atom stereocenters. The second kappa shape index (κ2) is 8.11. The fraction of sp³-hybridized carbons (Fsp3) is 0.300. The van der Waals surface area contributed by atoms with E-state index in [1.807, 2.05) is 37.3 Å². The lowest BCUT2D eigenvalue weighted by Gasteiger charge is -2.17. The molecule has 6 heteroatoms. The topological polar surface area (TPSA) is 49.4 Å². The Morgan fingerprint density at radius 1 is 1.19 bits per heavy atom. The average molecular weight is 391 g/mol. The lowest BCUT2D eigenvalue weighted by Crippen LogP contribution is -2.28. The third kappa shape index (κ3) is 4.37. The zero-order valence-corrected chi connectivity index (χ0v) is 16.0. The standard InChI is InChI=1S/C20H20Cl2N2O2/c1-13(17-9-6-15(21)12-18(17)22)23-19(25)11-14-4-7-16(8-5-14)24-10-2-3-20(24)26/h4-9,12-13H,2-3,10-11H2,1H3,(H,23,25)/t13-/m0/s1. The summed E-state index contributed by atoms with van der Waals surface area (Å²) in [4.78, 5) is 25.9. The van der Waals surface area contributed by atoms with E-state index in [1.165, 1.54) is 0 Å². The van der Waals surface area contributed by atoms with Gasteiger partial charge in [-0.2, -0.15) is 0 Å². The van der Waals surface area contributed by atoms with Gasteiger partial charge in [-0.15, -0.1) is 0 Å². The van der Waals surface area contributed by atoms with Crippen molar-refractivity contribution in [3.8, 4) is 0 Å². The van der Waals surface area contributed by atoms with Gasteiger partial charge in [-0.1, -0.05) is 41.4 Å². The first kappa shape index (κ1) is 18.7. The Bertz CT molecular complexity index is 821. The van der Waals surface area contributed by atoms with Crippen LogP contribution in [0, 0.1) is 0 Å². The summed E-state index contributed by atoms with van der Waals surface area (Å²) in [5.74, 6) is 0.0673. The van der Waals surface area contributed by atoms with Crippen molar-refractivity contribution in [2.45, 2.75) is 32.2 Å².